The van der Waals surface area contributed by atoms with Crippen molar-refractivity contribution in [3.8, 4) is 0 Å². The van der Waals surface area contributed by atoms with Gasteiger partial charge in [0.25, 0.3) is 11.8 Å². The van der Waals surface area contributed by atoms with Crippen LogP contribution in [0.15, 0.2) is 18.6 Å². The van der Waals surface area contributed by atoms with Crippen LogP contribution in [0.3, 0.4) is 0 Å². The molecular weight excluding hydrogens is 634 g/mol. The topological polar surface area (TPSA) is 226 Å². The van der Waals surface area contributed by atoms with Crippen LogP contribution in [-0.2, 0) is 28.8 Å². The highest BCUT2D eigenvalue weighted by molar-refractivity contribution is 6.38. The number of nitrogens with one attached hydrogen (secondary N) is 5. The van der Waals surface area contributed by atoms with Crippen molar-refractivity contribution < 1.29 is 38.7 Å². The minimum absolute atomic E-state index is 0.0193. The fourth-order valence-electron chi connectivity index (χ4n) is 5.71. The first-order valence-corrected chi connectivity index (χ1v) is 17.3. The number of hydrogen-bond donors (Lipinski definition) is 6. The van der Waals surface area contributed by atoms with Crippen LogP contribution in [-0.4, -0.2) is 87.1 Å². The lowest BCUT2D eigenvalue weighted by Gasteiger charge is -2.31. The Bertz CT molecular complexity index is 1290. The minimum atomic E-state index is -1.19. The molecule has 49 heavy (non-hydrogen) atoms. The predicted molar refractivity (Wildman–Crippen MR) is 180 cm³/mol. The van der Waals surface area contributed by atoms with E-state index < -0.39 is 65.5 Å². The summed E-state index contributed by atoms with van der Waals surface area (Å²) in [7, 11) is 0. The number of carbonyl (C=O) groups is 7. The number of carbonyl (C=O) groups excluding carboxylic acids is 6. The van der Waals surface area contributed by atoms with Crippen LogP contribution in [0.5, 0.6) is 0 Å². The van der Waals surface area contributed by atoms with Crippen LogP contribution in [0.2, 0.25) is 0 Å². The van der Waals surface area contributed by atoms with E-state index in [2.05, 4.69) is 36.6 Å². The molecular formula is C34H53N7O8. The Morgan fingerprint density at radius 1 is 0.816 bits per heavy atom. The Morgan fingerprint density at radius 2 is 1.47 bits per heavy atom. The first-order valence-electron chi connectivity index (χ1n) is 17.3. The third-order valence-corrected chi connectivity index (χ3v) is 8.73. The Hall–Kier alpha value is -4.43. The molecule has 15 heteroatoms. The second-order valence-electron chi connectivity index (χ2n) is 13.2. The van der Waals surface area contributed by atoms with E-state index in [1.54, 1.807) is 13.8 Å². The third-order valence-electron chi connectivity index (χ3n) is 8.73. The molecule has 1 aromatic rings. The fourth-order valence-corrected chi connectivity index (χ4v) is 5.71. The summed E-state index contributed by atoms with van der Waals surface area (Å²) in [6, 6.07) is -4.28. The van der Waals surface area contributed by atoms with E-state index in [-0.39, 0.29) is 49.3 Å². The van der Waals surface area contributed by atoms with Crippen molar-refractivity contribution in [1.29, 1.82) is 0 Å². The zero-order valence-corrected chi connectivity index (χ0v) is 29.3. The lowest BCUT2D eigenvalue weighted by atomic mass is 9.84. The van der Waals surface area contributed by atoms with Gasteiger partial charge in [-0.1, -0.05) is 73.1 Å². The van der Waals surface area contributed by atoms with Crippen molar-refractivity contribution in [2.24, 2.45) is 17.8 Å². The molecule has 272 valence electrons. The summed E-state index contributed by atoms with van der Waals surface area (Å²) < 4.78 is 0. The fraction of sp³-hybridized carbons (Fsp3) is 0.676. The van der Waals surface area contributed by atoms with E-state index in [0.29, 0.717) is 12.8 Å². The number of aliphatic carboxylic acids is 1. The maximum absolute atomic E-state index is 13.9. The Morgan fingerprint density at radius 3 is 2.04 bits per heavy atom. The first kappa shape index (κ1) is 40.7. The molecule has 0 radical (unpaired) electrons. The largest absolute Gasteiger partial charge is 0.481 e. The van der Waals surface area contributed by atoms with Gasteiger partial charge in [0.05, 0.1) is 18.7 Å². The van der Waals surface area contributed by atoms with E-state index in [1.807, 2.05) is 20.8 Å². The van der Waals surface area contributed by atoms with Gasteiger partial charge >= 0.3 is 5.97 Å². The van der Waals surface area contributed by atoms with Gasteiger partial charge in [-0.15, -0.1) is 0 Å². The number of aromatic nitrogens is 2. The van der Waals surface area contributed by atoms with Crippen LogP contribution in [0, 0.1) is 17.8 Å². The third kappa shape index (κ3) is 13.9. The van der Waals surface area contributed by atoms with Gasteiger partial charge in [-0.2, -0.15) is 0 Å². The Kier molecular flexibility index (Phi) is 17.3. The standard InChI is InChI=1S/C34H53N7O8/c1-6-21(5)28(41-31(46)24(17-20(3)4)39-32(47)26-19-35-15-16-36-26)33(48)40-25(18-22-11-9-8-10-12-22)30(45)38-23(7-2)29(44)34(49)37-14-13-27(42)43/h15-16,19-25,28H,6-14,17-18H2,1-5H3,(H,37,49)(H,38,45)(H,39,47)(H,40,48)(H,41,46)(H,42,43)/t21-,23+,24+,25+,28+/m1/s1. The van der Waals surface area contributed by atoms with E-state index in [9.17, 15) is 33.6 Å². The van der Waals surface area contributed by atoms with Crippen LogP contribution in [0.1, 0.15) is 109 Å². The molecule has 6 N–H and O–H groups in total. The zero-order valence-electron chi connectivity index (χ0n) is 29.3. The van der Waals surface area contributed by atoms with Gasteiger partial charge in [-0.05, 0) is 37.0 Å². The molecule has 0 aliphatic heterocycles. The molecule has 5 amide bonds. The molecule has 1 aliphatic carbocycles. The van der Waals surface area contributed by atoms with Crippen LogP contribution >= 0.6 is 0 Å². The van der Waals surface area contributed by atoms with Crippen LogP contribution < -0.4 is 26.6 Å². The highest BCUT2D eigenvalue weighted by Crippen LogP contribution is 2.27. The number of amides is 5. The van der Waals surface area contributed by atoms with Crippen molar-refractivity contribution in [3.05, 3.63) is 24.3 Å². The summed E-state index contributed by atoms with van der Waals surface area (Å²) >= 11 is 0. The average Bonchev–Trinajstić information content (AvgIpc) is 3.08. The molecule has 0 bridgehead atoms. The quantitative estimate of drug-likeness (QED) is 0.109. The van der Waals surface area contributed by atoms with E-state index >= 15 is 0 Å². The smallest absolute Gasteiger partial charge is 0.305 e. The van der Waals surface area contributed by atoms with E-state index in [4.69, 9.17) is 5.11 Å². The van der Waals surface area contributed by atoms with Crippen LogP contribution in [0.25, 0.3) is 0 Å². The zero-order chi connectivity index (χ0) is 36.5. The summed E-state index contributed by atoms with van der Waals surface area (Å²) in [5.41, 5.74) is 0.0402. The maximum atomic E-state index is 13.9. The number of hydrogen-bond acceptors (Lipinski definition) is 9. The molecule has 1 aliphatic rings. The summed E-state index contributed by atoms with van der Waals surface area (Å²) in [4.78, 5) is 98.0. The van der Waals surface area contributed by atoms with Gasteiger partial charge in [0, 0.05) is 18.9 Å². The molecule has 15 nitrogen and oxygen atoms in total. The highest BCUT2D eigenvalue weighted by Gasteiger charge is 2.35. The lowest BCUT2D eigenvalue weighted by molar-refractivity contribution is -0.141. The van der Waals surface area contributed by atoms with Gasteiger partial charge in [0.1, 0.15) is 23.8 Å². The molecule has 1 fully saturated rings. The van der Waals surface area contributed by atoms with E-state index in [1.165, 1.54) is 18.6 Å². The van der Waals surface area contributed by atoms with Gasteiger partial charge in [-0.25, -0.2) is 4.98 Å². The molecule has 1 saturated carbocycles. The van der Waals surface area contributed by atoms with Crippen molar-refractivity contribution >= 4 is 41.3 Å². The summed E-state index contributed by atoms with van der Waals surface area (Å²) in [6.07, 6.45) is 9.71. The van der Waals surface area contributed by atoms with Crippen molar-refractivity contribution in [1.82, 2.24) is 36.6 Å². The van der Waals surface area contributed by atoms with Gasteiger partial charge in [0.15, 0.2) is 0 Å². The van der Waals surface area contributed by atoms with Gasteiger partial charge in [-0.3, -0.25) is 38.5 Å². The Balaban J connectivity index is 2.25. The van der Waals surface area contributed by atoms with E-state index in [0.717, 1.165) is 32.1 Å². The summed E-state index contributed by atoms with van der Waals surface area (Å²) in [5.74, 6) is -5.64. The number of ketones is 1. The minimum Gasteiger partial charge on any atom is -0.481 e. The highest BCUT2D eigenvalue weighted by atomic mass is 16.4. The Labute approximate surface area is 287 Å². The average molecular weight is 688 g/mol. The summed E-state index contributed by atoms with van der Waals surface area (Å²) in [5, 5.41) is 22.0. The van der Waals surface area contributed by atoms with Crippen molar-refractivity contribution in [3.63, 3.8) is 0 Å². The summed E-state index contributed by atoms with van der Waals surface area (Å²) in [6.45, 7) is 8.84. The van der Waals surface area contributed by atoms with Crippen LogP contribution in [0.4, 0.5) is 0 Å². The number of rotatable bonds is 20. The number of Topliss-reactive ketones (excluding diaryl/α,β-unsaturated/α-hetero) is 1. The second kappa shape index (κ2) is 20.8. The first-order chi connectivity index (χ1) is 23.3. The molecule has 1 aromatic heterocycles. The molecule has 0 saturated heterocycles. The molecule has 0 spiro atoms. The monoisotopic (exact) mass is 687 g/mol. The van der Waals surface area contributed by atoms with Crippen molar-refractivity contribution in [2.75, 3.05) is 6.54 Å². The molecule has 0 aromatic carbocycles. The molecule has 1 heterocycles. The maximum Gasteiger partial charge on any atom is 0.305 e. The lowest BCUT2D eigenvalue weighted by Crippen LogP contribution is -2.60. The SMILES string of the molecule is CC[C@H](NC(=O)[C@H](CC1CCCCC1)NC(=O)[C@@H](NC(=O)[C@H](CC(C)C)NC(=O)c1cnccn1)[C@H](C)CC)C(=O)C(=O)NCCC(=O)O. The normalized spacial score (nSPS) is 16.3. The van der Waals surface area contributed by atoms with Crippen molar-refractivity contribution in [2.45, 2.75) is 123 Å². The van der Waals surface area contributed by atoms with Gasteiger partial charge in [0.2, 0.25) is 23.5 Å². The molecule has 5 atom stereocenters. The second-order valence-corrected chi connectivity index (χ2v) is 13.2. The molecule has 2 rings (SSSR count). The molecule has 0 unspecified atom stereocenters. The number of nitrogens with zero attached hydrogens (tertiary/aromatic N) is 2. The van der Waals surface area contributed by atoms with Gasteiger partial charge < -0.3 is 31.7 Å². The predicted octanol–water partition coefficient (Wildman–Crippen LogP) is 1.66. The number of carboxylic acid groups (broad SMARTS) is 1. The number of carboxylic acids is 1.